The van der Waals surface area contributed by atoms with Gasteiger partial charge in [0, 0.05) is 24.5 Å². The zero-order chi connectivity index (χ0) is 13.9. The quantitative estimate of drug-likeness (QED) is 0.898. The first-order valence-electron chi connectivity index (χ1n) is 8.16. The number of nitrogens with one attached hydrogen (secondary N) is 1. The molecule has 2 aliphatic rings. The van der Waals surface area contributed by atoms with Crippen molar-refractivity contribution in [2.45, 2.75) is 58.5 Å². The first-order valence-corrected chi connectivity index (χ1v) is 9.04. The van der Waals surface area contributed by atoms with Gasteiger partial charge in [0.25, 0.3) is 0 Å². The van der Waals surface area contributed by atoms with E-state index in [1.165, 1.54) is 49.5 Å². The lowest BCUT2D eigenvalue weighted by atomic mass is 9.85. The normalized spacial score (nSPS) is 26.2. The van der Waals surface area contributed by atoms with Crippen LogP contribution in [0.3, 0.4) is 0 Å². The average molecular weight is 293 g/mol. The van der Waals surface area contributed by atoms with Crippen LogP contribution in [0.15, 0.2) is 5.38 Å². The molecule has 3 rings (SSSR count). The summed E-state index contributed by atoms with van der Waals surface area (Å²) >= 11 is 1.84. The molecule has 2 fully saturated rings. The molecule has 3 nitrogen and oxygen atoms in total. The summed E-state index contributed by atoms with van der Waals surface area (Å²) in [6.07, 6.45) is 7.05. The Morgan fingerprint density at radius 2 is 2.20 bits per heavy atom. The van der Waals surface area contributed by atoms with Crippen LogP contribution in [0.5, 0.6) is 0 Å². The summed E-state index contributed by atoms with van der Waals surface area (Å²) in [6.45, 7) is 7.69. The summed E-state index contributed by atoms with van der Waals surface area (Å²) in [6, 6.07) is 0.784. The van der Waals surface area contributed by atoms with Gasteiger partial charge in [-0.15, -0.1) is 11.3 Å². The second-order valence-corrected chi connectivity index (χ2v) is 7.58. The molecular weight excluding hydrogens is 266 g/mol. The maximum absolute atomic E-state index is 4.86. The second-order valence-electron chi connectivity index (χ2n) is 6.74. The van der Waals surface area contributed by atoms with Crippen molar-refractivity contribution in [3.05, 3.63) is 11.1 Å². The predicted molar refractivity (Wildman–Crippen MR) is 86.4 cm³/mol. The molecule has 2 unspecified atom stereocenters. The van der Waals surface area contributed by atoms with Gasteiger partial charge in [0.1, 0.15) is 0 Å². The molecule has 0 aromatic carbocycles. The van der Waals surface area contributed by atoms with Crippen LogP contribution in [-0.4, -0.2) is 24.1 Å². The fourth-order valence-corrected chi connectivity index (χ4v) is 4.55. The van der Waals surface area contributed by atoms with E-state index < -0.39 is 0 Å². The molecule has 2 atom stereocenters. The molecule has 2 heterocycles. The van der Waals surface area contributed by atoms with E-state index >= 15 is 0 Å². The maximum Gasteiger partial charge on any atom is 0.185 e. The standard InChI is InChI=1S/C16H27N3S/c1-12(2)9-17-10-14-11-20-16(18-14)19-8-7-13-5-3-4-6-15(13)19/h11-13,15,17H,3-10H2,1-2H3. The van der Waals surface area contributed by atoms with Gasteiger partial charge in [-0.1, -0.05) is 26.7 Å². The van der Waals surface area contributed by atoms with E-state index in [0.29, 0.717) is 5.92 Å². The van der Waals surface area contributed by atoms with Crippen molar-refractivity contribution in [1.29, 1.82) is 0 Å². The van der Waals surface area contributed by atoms with E-state index in [-0.39, 0.29) is 0 Å². The molecule has 1 N–H and O–H groups in total. The minimum Gasteiger partial charge on any atom is -0.345 e. The Morgan fingerprint density at radius 1 is 1.35 bits per heavy atom. The fourth-order valence-electron chi connectivity index (χ4n) is 3.64. The van der Waals surface area contributed by atoms with E-state index in [9.17, 15) is 0 Å². The van der Waals surface area contributed by atoms with E-state index in [0.717, 1.165) is 25.0 Å². The number of hydrogen-bond donors (Lipinski definition) is 1. The van der Waals surface area contributed by atoms with E-state index in [1.807, 2.05) is 11.3 Å². The molecule has 0 amide bonds. The highest BCUT2D eigenvalue weighted by Gasteiger charge is 2.36. The molecule has 0 radical (unpaired) electrons. The molecule has 112 valence electrons. The number of nitrogens with zero attached hydrogens (tertiary/aromatic N) is 2. The van der Waals surface area contributed by atoms with E-state index in [4.69, 9.17) is 4.98 Å². The highest BCUT2D eigenvalue weighted by atomic mass is 32.1. The Bertz CT molecular complexity index is 429. The summed E-state index contributed by atoms with van der Waals surface area (Å²) in [5, 5.41) is 6.99. The van der Waals surface area contributed by atoms with Crippen LogP contribution < -0.4 is 10.2 Å². The van der Waals surface area contributed by atoms with E-state index in [1.54, 1.807) is 0 Å². The Balaban J connectivity index is 1.59. The minimum atomic E-state index is 0.703. The number of anilines is 1. The lowest BCUT2D eigenvalue weighted by Gasteiger charge is -2.31. The third-order valence-electron chi connectivity index (χ3n) is 4.65. The SMILES string of the molecule is CC(C)CNCc1csc(N2CCC3CCCCC32)n1. The highest BCUT2D eigenvalue weighted by molar-refractivity contribution is 7.13. The smallest absolute Gasteiger partial charge is 0.185 e. The van der Waals surface area contributed by atoms with Gasteiger partial charge in [-0.05, 0) is 37.6 Å². The Morgan fingerprint density at radius 3 is 3.05 bits per heavy atom. The van der Waals surface area contributed by atoms with Crippen molar-refractivity contribution in [1.82, 2.24) is 10.3 Å². The minimum absolute atomic E-state index is 0.703. The Labute approximate surface area is 126 Å². The number of rotatable bonds is 5. The van der Waals surface area contributed by atoms with Crippen molar-refractivity contribution >= 4 is 16.5 Å². The van der Waals surface area contributed by atoms with Gasteiger partial charge in [0.2, 0.25) is 0 Å². The molecule has 4 heteroatoms. The molecule has 0 spiro atoms. The van der Waals surface area contributed by atoms with Crippen LogP contribution in [-0.2, 0) is 6.54 Å². The van der Waals surface area contributed by atoms with Crippen molar-refractivity contribution in [3.63, 3.8) is 0 Å². The molecule has 1 saturated carbocycles. The highest BCUT2D eigenvalue weighted by Crippen LogP contribution is 2.39. The molecular formula is C16H27N3S. The zero-order valence-electron chi connectivity index (χ0n) is 12.8. The van der Waals surface area contributed by atoms with Crippen LogP contribution >= 0.6 is 11.3 Å². The summed E-state index contributed by atoms with van der Waals surface area (Å²) in [4.78, 5) is 7.46. The largest absolute Gasteiger partial charge is 0.345 e. The van der Waals surface area contributed by atoms with Gasteiger partial charge < -0.3 is 10.2 Å². The number of aromatic nitrogens is 1. The topological polar surface area (TPSA) is 28.2 Å². The third-order valence-corrected chi connectivity index (χ3v) is 5.58. The molecule has 0 bridgehead atoms. The first kappa shape index (κ1) is 14.3. The number of thiazole rings is 1. The van der Waals surface area contributed by atoms with Crippen molar-refractivity contribution in [2.24, 2.45) is 11.8 Å². The van der Waals surface area contributed by atoms with Gasteiger partial charge in [-0.25, -0.2) is 4.98 Å². The lowest BCUT2D eigenvalue weighted by Crippen LogP contribution is -2.34. The average Bonchev–Trinajstić information content (AvgIpc) is 3.04. The van der Waals surface area contributed by atoms with Crippen molar-refractivity contribution in [3.8, 4) is 0 Å². The summed E-state index contributed by atoms with van der Waals surface area (Å²) in [5.41, 5.74) is 1.21. The number of hydrogen-bond acceptors (Lipinski definition) is 4. The predicted octanol–water partition coefficient (Wildman–Crippen LogP) is 3.66. The Hall–Kier alpha value is -0.610. The van der Waals surface area contributed by atoms with Gasteiger partial charge >= 0.3 is 0 Å². The monoisotopic (exact) mass is 293 g/mol. The van der Waals surface area contributed by atoms with Crippen molar-refractivity contribution < 1.29 is 0 Å². The van der Waals surface area contributed by atoms with Gasteiger partial charge in [0.05, 0.1) is 5.69 Å². The van der Waals surface area contributed by atoms with E-state index in [2.05, 4.69) is 29.4 Å². The maximum atomic E-state index is 4.86. The van der Waals surface area contributed by atoms with Gasteiger partial charge in [0.15, 0.2) is 5.13 Å². The van der Waals surface area contributed by atoms with Crippen LogP contribution in [0.2, 0.25) is 0 Å². The third kappa shape index (κ3) is 3.17. The van der Waals surface area contributed by atoms with Crippen LogP contribution in [0.1, 0.15) is 51.6 Å². The molecule has 1 aliphatic heterocycles. The zero-order valence-corrected chi connectivity index (χ0v) is 13.6. The number of fused-ring (bicyclic) bond motifs is 1. The first-order chi connectivity index (χ1) is 9.74. The molecule has 1 aromatic rings. The molecule has 20 heavy (non-hydrogen) atoms. The van der Waals surface area contributed by atoms with Crippen molar-refractivity contribution in [2.75, 3.05) is 18.0 Å². The fraction of sp³-hybridized carbons (Fsp3) is 0.812. The summed E-state index contributed by atoms with van der Waals surface area (Å²) in [5.74, 6) is 1.64. The summed E-state index contributed by atoms with van der Waals surface area (Å²) in [7, 11) is 0. The summed E-state index contributed by atoms with van der Waals surface area (Å²) < 4.78 is 0. The molecule has 1 saturated heterocycles. The van der Waals surface area contributed by atoms with Gasteiger partial charge in [-0.2, -0.15) is 0 Å². The molecule has 1 aromatic heterocycles. The Kier molecular flexibility index (Phi) is 4.61. The lowest BCUT2D eigenvalue weighted by molar-refractivity contribution is 0.342. The van der Waals surface area contributed by atoms with Gasteiger partial charge in [-0.3, -0.25) is 0 Å². The van der Waals surface area contributed by atoms with Crippen LogP contribution in [0, 0.1) is 11.8 Å². The second kappa shape index (κ2) is 6.44. The van der Waals surface area contributed by atoms with Crippen LogP contribution in [0.25, 0.3) is 0 Å². The van der Waals surface area contributed by atoms with Crippen LogP contribution in [0.4, 0.5) is 5.13 Å². The molecule has 1 aliphatic carbocycles.